The number of benzene rings is 1. The quantitative estimate of drug-likeness (QED) is 0.590. The van der Waals surface area contributed by atoms with E-state index in [0.29, 0.717) is 0 Å². The van der Waals surface area contributed by atoms with E-state index in [1.165, 1.54) is 0 Å². The second-order valence-electron chi connectivity index (χ2n) is 2.36. The number of nitrogens with zero attached hydrogens (tertiary/aromatic N) is 1. The standard InChI is InChI=1S/C7H6ClFN2O2/c8-5-2-7(11(12)13)4(3-10)1-6(5)9/h1-2H,3,10H2. The molecule has 1 aromatic carbocycles. The third kappa shape index (κ3) is 1.93. The van der Waals surface area contributed by atoms with Crippen molar-refractivity contribution in [2.45, 2.75) is 6.54 Å². The smallest absolute Gasteiger partial charge is 0.275 e. The van der Waals surface area contributed by atoms with Gasteiger partial charge in [-0.2, -0.15) is 0 Å². The molecule has 70 valence electrons. The first kappa shape index (κ1) is 9.88. The molecule has 6 heteroatoms. The number of hydrogen-bond donors (Lipinski definition) is 1. The maximum Gasteiger partial charge on any atom is 0.275 e. The molecular weight excluding hydrogens is 199 g/mol. The third-order valence-corrected chi connectivity index (χ3v) is 1.83. The van der Waals surface area contributed by atoms with Gasteiger partial charge in [-0.25, -0.2) is 4.39 Å². The second kappa shape index (κ2) is 3.68. The van der Waals surface area contributed by atoms with E-state index in [-0.39, 0.29) is 22.8 Å². The zero-order valence-electron chi connectivity index (χ0n) is 6.46. The van der Waals surface area contributed by atoms with Crippen LogP contribution in [-0.2, 0) is 6.54 Å². The summed E-state index contributed by atoms with van der Waals surface area (Å²) < 4.78 is 12.8. The van der Waals surface area contributed by atoms with Crippen LogP contribution >= 0.6 is 11.6 Å². The van der Waals surface area contributed by atoms with Crippen LogP contribution in [0, 0.1) is 15.9 Å². The van der Waals surface area contributed by atoms with Gasteiger partial charge < -0.3 is 5.73 Å². The highest BCUT2D eigenvalue weighted by Crippen LogP contribution is 2.25. The monoisotopic (exact) mass is 204 g/mol. The highest BCUT2D eigenvalue weighted by Gasteiger charge is 2.15. The summed E-state index contributed by atoms with van der Waals surface area (Å²) in [4.78, 5) is 9.77. The lowest BCUT2D eigenvalue weighted by atomic mass is 10.2. The van der Waals surface area contributed by atoms with Crippen molar-refractivity contribution in [2.75, 3.05) is 0 Å². The Kier molecular flexibility index (Phi) is 2.79. The minimum absolute atomic E-state index is 0.0929. The van der Waals surface area contributed by atoms with Crippen molar-refractivity contribution in [1.29, 1.82) is 0 Å². The van der Waals surface area contributed by atoms with Gasteiger partial charge >= 0.3 is 0 Å². The van der Waals surface area contributed by atoms with Crippen LogP contribution in [0.2, 0.25) is 5.02 Å². The maximum absolute atomic E-state index is 12.8. The van der Waals surface area contributed by atoms with Gasteiger partial charge in [-0.15, -0.1) is 0 Å². The molecular formula is C7H6ClFN2O2. The molecule has 0 aliphatic heterocycles. The van der Waals surface area contributed by atoms with Crippen molar-refractivity contribution >= 4 is 17.3 Å². The molecule has 13 heavy (non-hydrogen) atoms. The third-order valence-electron chi connectivity index (χ3n) is 1.54. The Labute approximate surface area is 78.3 Å². The fraction of sp³-hybridized carbons (Fsp3) is 0.143. The van der Waals surface area contributed by atoms with Crippen LogP contribution in [0.1, 0.15) is 5.56 Å². The summed E-state index contributed by atoms with van der Waals surface area (Å²) in [5.74, 6) is -0.701. The summed E-state index contributed by atoms with van der Waals surface area (Å²) >= 11 is 5.37. The Hall–Kier alpha value is -1.20. The van der Waals surface area contributed by atoms with Gasteiger partial charge in [0.25, 0.3) is 5.69 Å². The number of rotatable bonds is 2. The highest BCUT2D eigenvalue weighted by atomic mass is 35.5. The van der Waals surface area contributed by atoms with E-state index < -0.39 is 10.7 Å². The largest absolute Gasteiger partial charge is 0.326 e. The lowest BCUT2D eigenvalue weighted by molar-refractivity contribution is -0.385. The number of hydrogen-bond acceptors (Lipinski definition) is 3. The van der Waals surface area contributed by atoms with Gasteiger partial charge in [0.05, 0.1) is 9.95 Å². The van der Waals surface area contributed by atoms with Crippen molar-refractivity contribution in [3.8, 4) is 0 Å². The van der Waals surface area contributed by atoms with Crippen LogP contribution in [0.25, 0.3) is 0 Å². The summed E-state index contributed by atoms with van der Waals surface area (Å²) in [6.07, 6.45) is 0. The van der Waals surface area contributed by atoms with Crippen molar-refractivity contribution in [3.05, 3.63) is 38.7 Å². The summed E-state index contributed by atoms with van der Waals surface area (Å²) in [6.45, 7) is -0.0929. The van der Waals surface area contributed by atoms with E-state index in [1.54, 1.807) is 0 Å². The first-order valence-corrected chi connectivity index (χ1v) is 3.76. The molecule has 0 aliphatic rings. The SMILES string of the molecule is NCc1cc(F)c(Cl)cc1[N+](=O)[O-]. The van der Waals surface area contributed by atoms with Crippen LogP contribution in [0.15, 0.2) is 12.1 Å². The van der Waals surface area contributed by atoms with E-state index in [0.717, 1.165) is 12.1 Å². The minimum Gasteiger partial charge on any atom is -0.326 e. The lowest BCUT2D eigenvalue weighted by Gasteiger charge is -2.00. The predicted molar refractivity (Wildman–Crippen MR) is 46.0 cm³/mol. The molecule has 2 N–H and O–H groups in total. The van der Waals surface area contributed by atoms with E-state index in [2.05, 4.69) is 0 Å². The Morgan fingerprint density at radius 2 is 2.23 bits per heavy atom. The second-order valence-corrected chi connectivity index (χ2v) is 2.76. The highest BCUT2D eigenvalue weighted by molar-refractivity contribution is 6.31. The van der Waals surface area contributed by atoms with Crippen LogP contribution in [0.3, 0.4) is 0 Å². The molecule has 0 amide bonds. The van der Waals surface area contributed by atoms with Gasteiger partial charge in [0.1, 0.15) is 5.82 Å². The van der Waals surface area contributed by atoms with Crippen LogP contribution in [-0.4, -0.2) is 4.92 Å². The summed E-state index contributed by atoms with van der Waals surface area (Å²) in [5, 5.41) is 10.1. The molecule has 0 aliphatic carbocycles. The fourth-order valence-electron chi connectivity index (χ4n) is 0.911. The lowest BCUT2D eigenvalue weighted by Crippen LogP contribution is -2.02. The molecule has 0 saturated carbocycles. The fourth-order valence-corrected chi connectivity index (χ4v) is 1.07. The van der Waals surface area contributed by atoms with Crippen molar-refractivity contribution in [3.63, 3.8) is 0 Å². The predicted octanol–water partition coefficient (Wildman–Crippen LogP) is 1.85. The Bertz CT molecular complexity index is 357. The maximum atomic E-state index is 12.8. The molecule has 4 nitrogen and oxygen atoms in total. The molecule has 0 heterocycles. The molecule has 1 aromatic rings. The molecule has 0 aromatic heterocycles. The van der Waals surface area contributed by atoms with Crippen LogP contribution in [0.4, 0.5) is 10.1 Å². The number of nitro benzene ring substituents is 1. The van der Waals surface area contributed by atoms with Gasteiger partial charge in [0, 0.05) is 18.2 Å². The van der Waals surface area contributed by atoms with Crippen LogP contribution in [0.5, 0.6) is 0 Å². The molecule has 0 atom stereocenters. The number of nitrogens with two attached hydrogens (primary N) is 1. The molecule has 1 rings (SSSR count). The van der Waals surface area contributed by atoms with E-state index in [9.17, 15) is 14.5 Å². The van der Waals surface area contributed by atoms with Gasteiger partial charge in [0.2, 0.25) is 0 Å². The van der Waals surface area contributed by atoms with Gasteiger partial charge in [-0.1, -0.05) is 11.6 Å². The summed E-state index contributed by atoms with van der Waals surface area (Å²) in [5.41, 5.74) is 5.07. The average Bonchev–Trinajstić information content (AvgIpc) is 2.08. The minimum atomic E-state index is -0.701. The van der Waals surface area contributed by atoms with Gasteiger partial charge in [-0.05, 0) is 6.07 Å². The zero-order valence-corrected chi connectivity index (χ0v) is 7.21. The molecule has 0 unspecified atom stereocenters. The van der Waals surface area contributed by atoms with Crippen molar-refractivity contribution in [1.82, 2.24) is 0 Å². The first-order chi connectivity index (χ1) is 6.06. The summed E-state index contributed by atoms with van der Waals surface area (Å²) in [7, 11) is 0. The number of nitro groups is 1. The number of halogens is 2. The molecule has 0 radical (unpaired) electrons. The molecule has 0 saturated heterocycles. The topological polar surface area (TPSA) is 69.2 Å². The van der Waals surface area contributed by atoms with Gasteiger partial charge in [0.15, 0.2) is 0 Å². The average molecular weight is 205 g/mol. The van der Waals surface area contributed by atoms with Crippen molar-refractivity contribution in [2.24, 2.45) is 5.73 Å². The molecule has 0 bridgehead atoms. The first-order valence-electron chi connectivity index (χ1n) is 3.38. The van der Waals surface area contributed by atoms with E-state index in [1.807, 2.05) is 0 Å². The normalized spacial score (nSPS) is 10.1. The van der Waals surface area contributed by atoms with Crippen LogP contribution < -0.4 is 5.73 Å². The van der Waals surface area contributed by atoms with Gasteiger partial charge in [-0.3, -0.25) is 10.1 Å². The van der Waals surface area contributed by atoms with Crippen molar-refractivity contribution < 1.29 is 9.31 Å². The Morgan fingerprint density at radius 3 is 2.69 bits per heavy atom. The molecule has 0 spiro atoms. The Balaban J connectivity index is 3.33. The zero-order chi connectivity index (χ0) is 10.0. The Morgan fingerprint density at radius 1 is 1.62 bits per heavy atom. The van der Waals surface area contributed by atoms with E-state index in [4.69, 9.17) is 17.3 Å². The molecule has 0 fully saturated rings. The summed E-state index contributed by atoms with van der Waals surface area (Å²) in [6, 6.07) is 1.93. The van der Waals surface area contributed by atoms with E-state index >= 15 is 0 Å².